The highest BCUT2D eigenvalue weighted by molar-refractivity contribution is 6.42. The number of benzene rings is 2. The van der Waals surface area contributed by atoms with Gasteiger partial charge in [-0.3, -0.25) is 0 Å². The van der Waals surface area contributed by atoms with Crippen molar-refractivity contribution in [2.75, 3.05) is 7.05 Å². The Morgan fingerprint density at radius 2 is 1.83 bits per heavy atom. The smallest absolute Gasteiger partial charge is 0.336 e. The Morgan fingerprint density at radius 3 is 2.62 bits per heavy atom. The predicted molar refractivity (Wildman–Crippen MR) is 94.9 cm³/mol. The van der Waals surface area contributed by atoms with Crippen molar-refractivity contribution in [3.05, 3.63) is 74.1 Å². The summed E-state index contributed by atoms with van der Waals surface area (Å²) in [4.78, 5) is 12.9. The summed E-state index contributed by atoms with van der Waals surface area (Å²) in [5, 5.41) is 11.4. The van der Waals surface area contributed by atoms with E-state index in [1.54, 1.807) is 18.2 Å². The minimum Gasteiger partial charge on any atom is -0.508 e. The summed E-state index contributed by atoms with van der Waals surface area (Å²) >= 11 is 12.3. The molecule has 0 saturated carbocycles. The van der Waals surface area contributed by atoms with Crippen LogP contribution in [-0.2, 0) is 13.1 Å². The molecular formula is C18H16Cl2NO3+. The number of rotatable bonds is 4. The highest BCUT2D eigenvalue weighted by Gasteiger charge is 2.14. The highest BCUT2D eigenvalue weighted by Crippen LogP contribution is 2.25. The summed E-state index contributed by atoms with van der Waals surface area (Å²) in [7, 11) is 2.01. The lowest BCUT2D eigenvalue weighted by atomic mass is 10.1. The van der Waals surface area contributed by atoms with Crippen molar-refractivity contribution in [1.29, 1.82) is 0 Å². The first kappa shape index (κ1) is 16.8. The predicted octanol–water partition coefficient (Wildman–Crippen LogP) is 3.02. The van der Waals surface area contributed by atoms with Gasteiger partial charge in [-0.15, -0.1) is 0 Å². The lowest BCUT2D eigenvalue weighted by Gasteiger charge is -2.16. The molecule has 0 amide bonds. The minimum absolute atomic E-state index is 0.0641. The second kappa shape index (κ2) is 6.85. The van der Waals surface area contributed by atoms with Crippen molar-refractivity contribution in [3.8, 4) is 5.75 Å². The molecule has 1 aromatic heterocycles. The molecule has 0 aliphatic rings. The van der Waals surface area contributed by atoms with Crippen molar-refractivity contribution >= 4 is 34.2 Å². The van der Waals surface area contributed by atoms with Gasteiger partial charge < -0.3 is 14.4 Å². The Morgan fingerprint density at radius 1 is 1.08 bits per heavy atom. The minimum atomic E-state index is -0.434. The molecule has 3 rings (SSSR count). The Bertz CT molecular complexity index is 953. The van der Waals surface area contributed by atoms with Gasteiger partial charge in [0.2, 0.25) is 0 Å². The summed E-state index contributed by atoms with van der Waals surface area (Å²) in [6.45, 7) is 1.27. The summed E-state index contributed by atoms with van der Waals surface area (Å²) < 4.78 is 5.15. The molecule has 4 nitrogen and oxygen atoms in total. The third-order valence-electron chi connectivity index (χ3n) is 3.83. The molecule has 124 valence electrons. The van der Waals surface area contributed by atoms with E-state index >= 15 is 0 Å². The Hall–Kier alpha value is -2.01. The molecule has 3 aromatic rings. The van der Waals surface area contributed by atoms with Crippen LogP contribution in [0.5, 0.6) is 5.75 Å². The van der Waals surface area contributed by atoms with E-state index in [2.05, 4.69) is 0 Å². The molecule has 0 spiro atoms. The lowest BCUT2D eigenvalue weighted by molar-refractivity contribution is -0.907. The maximum absolute atomic E-state index is 11.8. The van der Waals surface area contributed by atoms with Gasteiger partial charge in [0.1, 0.15) is 24.4 Å². The number of fused-ring (bicyclic) bond motifs is 1. The third kappa shape index (κ3) is 3.56. The zero-order valence-corrected chi connectivity index (χ0v) is 14.5. The molecule has 0 saturated heterocycles. The zero-order chi connectivity index (χ0) is 17.3. The summed E-state index contributed by atoms with van der Waals surface area (Å²) in [5.41, 5.74) is 1.76. The van der Waals surface area contributed by atoms with E-state index < -0.39 is 5.63 Å². The average molecular weight is 365 g/mol. The van der Waals surface area contributed by atoms with Crippen molar-refractivity contribution in [2.45, 2.75) is 13.1 Å². The van der Waals surface area contributed by atoms with E-state index in [1.807, 2.05) is 19.2 Å². The normalized spacial score (nSPS) is 12.5. The van der Waals surface area contributed by atoms with Crippen molar-refractivity contribution in [1.82, 2.24) is 0 Å². The Kier molecular flexibility index (Phi) is 4.81. The number of phenolic OH excluding ortho intramolecular Hbond substituents is 1. The second-order valence-corrected chi connectivity index (χ2v) is 6.58. The van der Waals surface area contributed by atoms with E-state index in [-0.39, 0.29) is 5.75 Å². The van der Waals surface area contributed by atoms with Gasteiger partial charge in [0.25, 0.3) is 0 Å². The average Bonchev–Trinajstić information content (AvgIpc) is 2.51. The monoisotopic (exact) mass is 364 g/mol. The number of nitrogens with one attached hydrogen (secondary N) is 1. The summed E-state index contributed by atoms with van der Waals surface area (Å²) in [6, 6.07) is 11.8. The molecule has 2 N–H and O–H groups in total. The van der Waals surface area contributed by atoms with E-state index in [1.165, 1.54) is 12.1 Å². The van der Waals surface area contributed by atoms with Crippen LogP contribution >= 0.6 is 23.2 Å². The first-order valence-corrected chi connectivity index (χ1v) is 8.19. The van der Waals surface area contributed by atoms with Crippen molar-refractivity contribution in [2.24, 2.45) is 0 Å². The highest BCUT2D eigenvalue weighted by atomic mass is 35.5. The molecule has 1 heterocycles. The van der Waals surface area contributed by atoms with Crippen LogP contribution < -0.4 is 10.5 Å². The van der Waals surface area contributed by atoms with Crippen LogP contribution in [0.1, 0.15) is 11.1 Å². The van der Waals surface area contributed by atoms with Crippen molar-refractivity contribution < 1.29 is 14.4 Å². The second-order valence-electron chi connectivity index (χ2n) is 5.79. The zero-order valence-electron chi connectivity index (χ0n) is 13.0. The van der Waals surface area contributed by atoms with Gasteiger partial charge in [-0.1, -0.05) is 35.3 Å². The maximum Gasteiger partial charge on any atom is 0.336 e. The van der Waals surface area contributed by atoms with Gasteiger partial charge in [0.05, 0.1) is 17.1 Å². The van der Waals surface area contributed by atoms with Crippen LogP contribution in [0.3, 0.4) is 0 Å². The Labute approximate surface area is 148 Å². The van der Waals surface area contributed by atoms with E-state index in [0.29, 0.717) is 28.7 Å². The van der Waals surface area contributed by atoms with Gasteiger partial charge in [-0.25, -0.2) is 4.79 Å². The molecule has 2 aromatic carbocycles. The van der Waals surface area contributed by atoms with Crippen LogP contribution in [0.2, 0.25) is 10.0 Å². The van der Waals surface area contributed by atoms with Crippen LogP contribution in [0, 0.1) is 0 Å². The SMILES string of the molecule is C[NH+](Cc1cccc(Cl)c1Cl)Cc1cc(=O)oc2cc(O)ccc12. The number of hydrogen-bond acceptors (Lipinski definition) is 3. The number of halogens is 2. The molecule has 0 aliphatic heterocycles. The largest absolute Gasteiger partial charge is 0.508 e. The van der Waals surface area contributed by atoms with E-state index in [9.17, 15) is 9.90 Å². The topological polar surface area (TPSA) is 54.9 Å². The van der Waals surface area contributed by atoms with Crippen LogP contribution in [-0.4, -0.2) is 12.2 Å². The number of hydrogen-bond donors (Lipinski definition) is 2. The first-order chi connectivity index (χ1) is 11.4. The van der Waals surface area contributed by atoms with Gasteiger partial charge in [0.15, 0.2) is 0 Å². The number of phenols is 1. The molecule has 24 heavy (non-hydrogen) atoms. The molecule has 0 fully saturated rings. The Balaban J connectivity index is 1.89. The molecule has 0 aliphatic carbocycles. The number of quaternary nitrogens is 1. The summed E-state index contributed by atoms with van der Waals surface area (Å²) in [5.74, 6) is 0.0641. The van der Waals surface area contributed by atoms with Crippen LogP contribution in [0.25, 0.3) is 11.0 Å². The maximum atomic E-state index is 11.8. The van der Waals surface area contributed by atoms with Crippen LogP contribution in [0.4, 0.5) is 0 Å². The first-order valence-electron chi connectivity index (χ1n) is 7.44. The number of aromatic hydroxyl groups is 1. The van der Waals surface area contributed by atoms with Gasteiger partial charge >= 0.3 is 5.63 Å². The molecule has 6 heteroatoms. The fraction of sp³-hybridized carbons (Fsp3) is 0.167. The quantitative estimate of drug-likeness (QED) is 0.699. The molecule has 1 atom stereocenters. The van der Waals surface area contributed by atoms with Crippen LogP contribution in [0.15, 0.2) is 51.7 Å². The molecule has 0 bridgehead atoms. The molecule has 0 radical (unpaired) electrons. The third-order valence-corrected chi connectivity index (χ3v) is 4.69. The van der Waals surface area contributed by atoms with Gasteiger partial charge in [0, 0.05) is 28.6 Å². The molecule has 1 unspecified atom stereocenters. The fourth-order valence-corrected chi connectivity index (χ4v) is 3.15. The standard InChI is InChI=1S/C18H15Cl2NO3/c1-21(9-11-3-2-4-15(19)18(11)20)10-12-7-17(23)24-16-8-13(22)5-6-14(12)16/h2-8,22H,9-10H2,1H3/p+1. The van der Waals surface area contributed by atoms with E-state index in [0.717, 1.165) is 21.4 Å². The van der Waals surface area contributed by atoms with E-state index in [4.69, 9.17) is 27.6 Å². The summed E-state index contributed by atoms with van der Waals surface area (Å²) in [6.07, 6.45) is 0. The van der Waals surface area contributed by atoms with Gasteiger partial charge in [-0.05, 0) is 18.2 Å². The fourth-order valence-electron chi connectivity index (χ4n) is 2.76. The van der Waals surface area contributed by atoms with Crippen molar-refractivity contribution in [3.63, 3.8) is 0 Å². The lowest BCUT2D eigenvalue weighted by Crippen LogP contribution is -3.06. The molecular weight excluding hydrogens is 349 g/mol. The van der Waals surface area contributed by atoms with Gasteiger partial charge in [-0.2, -0.15) is 0 Å².